The summed E-state index contributed by atoms with van der Waals surface area (Å²) in [5, 5.41) is 15.2. The number of rotatable bonds is 4. The van der Waals surface area contributed by atoms with Crippen LogP contribution in [0.25, 0.3) is 0 Å². The van der Waals surface area contributed by atoms with Crippen LogP contribution in [-0.2, 0) is 5.60 Å². The summed E-state index contributed by atoms with van der Waals surface area (Å²) in [5.74, 6) is -0.113. The van der Waals surface area contributed by atoms with Crippen molar-refractivity contribution < 1.29 is 9.90 Å². The third-order valence-corrected chi connectivity index (χ3v) is 5.94. The van der Waals surface area contributed by atoms with E-state index in [1.54, 1.807) is 23.1 Å². The Morgan fingerprint density at radius 2 is 1.90 bits per heavy atom. The number of piperidine rings is 1. The van der Waals surface area contributed by atoms with Crippen molar-refractivity contribution in [1.82, 2.24) is 9.80 Å². The molecule has 2 aromatic carbocycles. The molecule has 5 nitrogen and oxygen atoms in total. The van der Waals surface area contributed by atoms with E-state index < -0.39 is 5.60 Å². The van der Waals surface area contributed by atoms with Crippen LogP contribution < -0.4 is 5.32 Å². The number of hydrogen-bond donors (Lipinski definition) is 2. The average molecular weight is 459 g/mol. The molecule has 2 unspecified atom stereocenters. The van der Waals surface area contributed by atoms with Crippen molar-refractivity contribution in [1.29, 1.82) is 0 Å². The van der Waals surface area contributed by atoms with Gasteiger partial charge in [-0.3, -0.25) is 0 Å². The van der Waals surface area contributed by atoms with Crippen LogP contribution >= 0.6 is 35.6 Å². The van der Waals surface area contributed by atoms with Gasteiger partial charge in [0.25, 0.3) is 0 Å². The number of carbonyl (C=O) groups is 1. The van der Waals surface area contributed by atoms with Gasteiger partial charge < -0.3 is 20.2 Å². The minimum Gasteiger partial charge on any atom is -0.385 e. The summed E-state index contributed by atoms with van der Waals surface area (Å²) in [6.45, 7) is 1.58. The van der Waals surface area contributed by atoms with Crippen LogP contribution in [0.3, 0.4) is 0 Å². The highest BCUT2D eigenvalue weighted by Crippen LogP contribution is 2.38. The third kappa shape index (κ3) is 5.56. The molecule has 158 valence electrons. The van der Waals surface area contributed by atoms with E-state index in [1.165, 1.54) is 0 Å². The molecule has 0 aliphatic carbocycles. The number of halogens is 3. The molecule has 2 amide bonds. The van der Waals surface area contributed by atoms with E-state index in [2.05, 4.69) is 5.32 Å². The van der Waals surface area contributed by atoms with Gasteiger partial charge in [-0.25, -0.2) is 4.79 Å². The summed E-state index contributed by atoms with van der Waals surface area (Å²) < 4.78 is 0. The lowest BCUT2D eigenvalue weighted by Gasteiger charge is -2.45. The monoisotopic (exact) mass is 457 g/mol. The zero-order valence-electron chi connectivity index (χ0n) is 16.4. The summed E-state index contributed by atoms with van der Waals surface area (Å²) in [7, 11) is 3.94. The largest absolute Gasteiger partial charge is 0.385 e. The van der Waals surface area contributed by atoms with Crippen LogP contribution in [0.1, 0.15) is 12.0 Å². The number of hydrogen-bond acceptors (Lipinski definition) is 3. The molecule has 0 spiro atoms. The number of likely N-dealkylation sites (tertiary alicyclic amines) is 1. The van der Waals surface area contributed by atoms with Gasteiger partial charge in [0.05, 0.1) is 15.6 Å². The van der Waals surface area contributed by atoms with Crippen LogP contribution in [0.5, 0.6) is 0 Å². The summed E-state index contributed by atoms with van der Waals surface area (Å²) in [6.07, 6.45) is 0.477. The van der Waals surface area contributed by atoms with Crippen LogP contribution in [0.15, 0.2) is 48.5 Å². The second kappa shape index (κ2) is 10.0. The van der Waals surface area contributed by atoms with Crippen molar-refractivity contribution in [2.75, 3.05) is 39.0 Å². The molecule has 1 saturated heterocycles. The van der Waals surface area contributed by atoms with Gasteiger partial charge in [-0.1, -0.05) is 53.5 Å². The molecular weight excluding hydrogens is 433 g/mol. The lowest BCUT2D eigenvalue weighted by Crippen LogP contribution is -2.55. The molecule has 1 fully saturated rings. The van der Waals surface area contributed by atoms with Gasteiger partial charge in [-0.05, 0) is 44.3 Å². The Labute approximate surface area is 188 Å². The van der Waals surface area contributed by atoms with Gasteiger partial charge in [0.1, 0.15) is 0 Å². The second-order valence-corrected chi connectivity index (χ2v) is 8.32. The Bertz CT molecular complexity index is 835. The van der Waals surface area contributed by atoms with Crippen LogP contribution in [0, 0.1) is 5.92 Å². The second-order valence-electron chi connectivity index (χ2n) is 7.50. The zero-order chi connectivity index (χ0) is 20.3. The normalized spacial score (nSPS) is 21.6. The molecule has 0 saturated carbocycles. The van der Waals surface area contributed by atoms with E-state index in [0.29, 0.717) is 41.8 Å². The van der Waals surface area contributed by atoms with Crippen molar-refractivity contribution in [2.24, 2.45) is 5.92 Å². The summed E-state index contributed by atoms with van der Waals surface area (Å²) >= 11 is 12.0. The van der Waals surface area contributed by atoms with E-state index in [-0.39, 0.29) is 24.4 Å². The molecule has 1 aliphatic rings. The van der Waals surface area contributed by atoms with Gasteiger partial charge >= 0.3 is 6.03 Å². The number of carbonyl (C=O) groups excluding carboxylic acids is 1. The first-order chi connectivity index (χ1) is 13.3. The summed E-state index contributed by atoms with van der Waals surface area (Å²) in [5.41, 5.74) is 0.519. The highest BCUT2D eigenvalue weighted by molar-refractivity contribution is 6.42. The zero-order valence-corrected chi connectivity index (χ0v) is 18.8. The van der Waals surface area contributed by atoms with Crippen molar-refractivity contribution in [3.8, 4) is 0 Å². The predicted molar refractivity (Wildman–Crippen MR) is 121 cm³/mol. The number of amides is 2. The van der Waals surface area contributed by atoms with Gasteiger partial charge in [-0.2, -0.15) is 0 Å². The first-order valence-electron chi connectivity index (χ1n) is 9.23. The lowest BCUT2D eigenvalue weighted by molar-refractivity contribution is -0.0749. The average Bonchev–Trinajstić information content (AvgIpc) is 2.67. The van der Waals surface area contributed by atoms with Crippen molar-refractivity contribution in [2.45, 2.75) is 12.0 Å². The quantitative estimate of drug-likeness (QED) is 0.697. The number of anilines is 1. The van der Waals surface area contributed by atoms with Gasteiger partial charge in [0.2, 0.25) is 0 Å². The highest BCUT2D eigenvalue weighted by Gasteiger charge is 2.44. The number of nitrogens with one attached hydrogen (secondary N) is 1. The Balaban J connectivity index is 0.00000300. The minimum atomic E-state index is -0.966. The summed E-state index contributed by atoms with van der Waals surface area (Å²) in [6, 6.07) is 14.5. The maximum atomic E-state index is 12.8. The molecule has 0 radical (unpaired) electrons. The lowest BCUT2D eigenvalue weighted by atomic mass is 9.75. The van der Waals surface area contributed by atoms with E-state index in [9.17, 15) is 9.90 Å². The van der Waals surface area contributed by atoms with E-state index in [0.717, 1.165) is 5.56 Å². The Kier molecular flexibility index (Phi) is 8.20. The van der Waals surface area contributed by atoms with Crippen LogP contribution in [0.2, 0.25) is 10.0 Å². The van der Waals surface area contributed by atoms with Crippen molar-refractivity contribution in [3.63, 3.8) is 0 Å². The molecule has 1 aliphatic heterocycles. The first-order valence-corrected chi connectivity index (χ1v) is 9.99. The predicted octanol–water partition coefficient (Wildman–Crippen LogP) is 4.72. The molecule has 3 rings (SSSR count). The number of benzene rings is 2. The smallest absolute Gasteiger partial charge is 0.321 e. The SMILES string of the molecule is CN(C)CC1CN(C(=O)Nc2ccc(Cl)c(Cl)c2)CCC1(O)c1ccccc1.Cl. The Morgan fingerprint density at radius 3 is 2.52 bits per heavy atom. The Hall–Kier alpha value is -1.50. The molecule has 8 heteroatoms. The number of aliphatic hydroxyl groups is 1. The molecule has 29 heavy (non-hydrogen) atoms. The van der Waals surface area contributed by atoms with Crippen LogP contribution in [-0.4, -0.2) is 54.7 Å². The van der Waals surface area contributed by atoms with Gasteiger partial charge in [0.15, 0.2) is 0 Å². The number of urea groups is 1. The molecule has 2 N–H and O–H groups in total. The van der Waals surface area contributed by atoms with Gasteiger partial charge in [-0.15, -0.1) is 12.4 Å². The fourth-order valence-corrected chi connectivity index (χ4v) is 4.03. The maximum Gasteiger partial charge on any atom is 0.321 e. The standard InChI is InChI=1S/C21H25Cl2N3O2.ClH/c1-25(2)13-16-14-26(11-10-21(16,28)15-6-4-3-5-7-15)20(27)24-17-8-9-18(22)19(23)12-17;/h3-9,12,16,28H,10-11,13-14H2,1-2H3,(H,24,27);1H. The highest BCUT2D eigenvalue weighted by atomic mass is 35.5. The van der Waals surface area contributed by atoms with E-state index in [4.69, 9.17) is 23.2 Å². The molecule has 0 bridgehead atoms. The molecule has 1 heterocycles. The minimum absolute atomic E-state index is 0. The first kappa shape index (κ1) is 23.8. The fraction of sp³-hybridized carbons (Fsp3) is 0.381. The van der Waals surface area contributed by atoms with Crippen molar-refractivity contribution in [3.05, 3.63) is 64.1 Å². The fourth-order valence-electron chi connectivity index (χ4n) is 3.74. The Morgan fingerprint density at radius 1 is 1.21 bits per heavy atom. The molecule has 2 aromatic rings. The molecule has 2 atom stereocenters. The van der Waals surface area contributed by atoms with Crippen LogP contribution in [0.4, 0.5) is 10.5 Å². The van der Waals surface area contributed by atoms with E-state index >= 15 is 0 Å². The molecule has 0 aromatic heterocycles. The number of nitrogens with zero attached hydrogens (tertiary/aromatic N) is 2. The third-order valence-electron chi connectivity index (χ3n) is 5.20. The van der Waals surface area contributed by atoms with Crippen molar-refractivity contribution >= 4 is 47.3 Å². The topological polar surface area (TPSA) is 55.8 Å². The van der Waals surface area contributed by atoms with E-state index in [1.807, 2.05) is 49.3 Å². The molecular formula is C21H26Cl3N3O2. The maximum absolute atomic E-state index is 12.8. The van der Waals surface area contributed by atoms with Gasteiger partial charge in [0, 0.05) is 31.2 Å². The summed E-state index contributed by atoms with van der Waals surface area (Å²) in [4.78, 5) is 16.6.